The van der Waals surface area contributed by atoms with Crippen molar-refractivity contribution >= 4 is 11.7 Å². The highest BCUT2D eigenvalue weighted by Crippen LogP contribution is 2.52. The number of ether oxygens (including phenoxy) is 1. The number of alkyl halides is 6. The van der Waals surface area contributed by atoms with Gasteiger partial charge in [-0.2, -0.15) is 31.3 Å². The maximum absolute atomic E-state index is 14.4. The van der Waals surface area contributed by atoms with Crippen LogP contribution in [0.15, 0.2) is 30.6 Å². The van der Waals surface area contributed by atoms with Crippen molar-refractivity contribution in [3.05, 3.63) is 64.2 Å². The van der Waals surface area contributed by atoms with Gasteiger partial charge in [-0.05, 0) is 79.0 Å². The number of pyridine rings is 1. The van der Waals surface area contributed by atoms with E-state index in [4.69, 9.17) is 4.74 Å². The predicted molar refractivity (Wildman–Crippen MR) is 152 cm³/mol. The molecule has 0 radical (unpaired) electrons. The van der Waals surface area contributed by atoms with Crippen LogP contribution in [0.3, 0.4) is 0 Å². The Balaban J connectivity index is 1.41. The zero-order chi connectivity index (χ0) is 32.3. The van der Waals surface area contributed by atoms with Gasteiger partial charge < -0.3 is 9.30 Å². The molecule has 3 aromatic rings. The Morgan fingerprint density at radius 1 is 1.04 bits per heavy atom. The quantitative estimate of drug-likeness (QED) is 0.285. The van der Waals surface area contributed by atoms with Crippen LogP contribution in [-0.2, 0) is 31.7 Å². The Labute approximate surface area is 256 Å². The fourth-order valence-corrected chi connectivity index (χ4v) is 7.22. The van der Waals surface area contributed by atoms with E-state index < -0.39 is 42.4 Å². The third-order valence-corrected chi connectivity index (χ3v) is 9.09. The summed E-state index contributed by atoms with van der Waals surface area (Å²) >= 11 is 0. The van der Waals surface area contributed by atoms with E-state index in [1.807, 2.05) is 6.92 Å². The Bertz CT molecular complexity index is 1600. The molecule has 1 aliphatic carbocycles. The molecule has 1 saturated heterocycles. The second-order valence-electron chi connectivity index (χ2n) is 12.9. The highest BCUT2D eigenvalue weighted by Gasteiger charge is 2.49. The van der Waals surface area contributed by atoms with Crippen LogP contribution < -0.4 is 9.64 Å². The summed E-state index contributed by atoms with van der Waals surface area (Å²) in [5.41, 5.74) is -1.05. The Morgan fingerprint density at radius 2 is 1.80 bits per heavy atom. The summed E-state index contributed by atoms with van der Waals surface area (Å²) in [5, 5.41) is 8.25. The molecule has 3 aliphatic rings. The fraction of sp³-hybridized carbons (Fsp3) is 0.548. The van der Waals surface area contributed by atoms with Crippen LogP contribution in [0.5, 0.6) is 5.88 Å². The summed E-state index contributed by atoms with van der Waals surface area (Å²) in [6.07, 6.45) is -4.68. The monoisotopic (exact) mass is 636 g/mol. The second-order valence-corrected chi connectivity index (χ2v) is 12.9. The lowest BCUT2D eigenvalue weighted by Gasteiger charge is -2.46. The van der Waals surface area contributed by atoms with Crippen LogP contribution in [-0.4, -0.2) is 56.4 Å². The Morgan fingerprint density at radius 3 is 2.42 bits per heavy atom. The van der Waals surface area contributed by atoms with E-state index in [0.717, 1.165) is 36.9 Å². The van der Waals surface area contributed by atoms with Crippen molar-refractivity contribution in [2.75, 3.05) is 24.6 Å². The number of piperidine rings is 1. The van der Waals surface area contributed by atoms with Crippen LogP contribution in [0, 0.1) is 11.8 Å². The van der Waals surface area contributed by atoms with Crippen LogP contribution in [0.2, 0.25) is 0 Å². The average molecular weight is 637 g/mol. The molecule has 2 fully saturated rings. The van der Waals surface area contributed by atoms with Gasteiger partial charge in [-0.3, -0.25) is 14.6 Å². The zero-order valence-electron chi connectivity index (χ0n) is 25.2. The van der Waals surface area contributed by atoms with E-state index >= 15 is 0 Å². The van der Waals surface area contributed by atoms with E-state index in [-0.39, 0.29) is 35.3 Å². The second kappa shape index (κ2) is 11.3. The van der Waals surface area contributed by atoms with Crippen LogP contribution in [0.25, 0.3) is 0 Å². The molecule has 1 saturated carbocycles. The molecule has 14 heteroatoms. The molecule has 1 amide bonds. The number of fused-ring (bicyclic) bond motifs is 1. The predicted octanol–water partition coefficient (Wildman–Crippen LogP) is 6.28. The van der Waals surface area contributed by atoms with Crippen molar-refractivity contribution in [3.63, 3.8) is 0 Å². The summed E-state index contributed by atoms with van der Waals surface area (Å²) < 4.78 is 89.4. The minimum absolute atomic E-state index is 0.0878. The van der Waals surface area contributed by atoms with Gasteiger partial charge in [-0.15, -0.1) is 10.2 Å². The molecular formula is C31H34F6N6O2. The van der Waals surface area contributed by atoms with Crippen molar-refractivity contribution in [1.82, 2.24) is 24.6 Å². The van der Waals surface area contributed by atoms with Crippen LogP contribution in [0.1, 0.15) is 78.0 Å². The maximum atomic E-state index is 14.4. The highest BCUT2D eigenvalue weighted by molar-refractivity contribution is 6.10. The largest absolute Gasteiger partial charge is 0.468 e. The van der Waals surface area contributed by atoms with E-state index in [1.165, 1.54) is 18.5 Å². The zero-order valence-corrected chi connectivity index (χ0v) is 25.2. The number of anilines is 1. The summed E-state index contributed by atoms with van der Waals surface area (Å²) in [6.45, 7) is 3.85. The number of rotatable bonds is 7. The standard InChI is InChI=1S/C31H34F6N6O2/c1-18-5-4-6-42(13-18)14-20-7-22-23(24(8-20)31(35,36)37)15-43(27(22)44)25-9-21(10-26(39-25)45-16-30(32,33)34)29(11-19(2)12-29)28-40-38-17-41(28)3/h7-10,17-19H,4-6,11-16H2,1-3H3/t18-,19?,29?/m0/s1. The van der Waals surface area contributed by atoms with Gasteiger partial charge in [0.15, 0.2) is 6.61 Å². The third-order valence-electron chi connectivity index (χ3n) is 9.09. The Hall–Kier alpha value is -3.68. The summed E-state index contributed by atoms with van der Waals surface area (Å²) in [5.74, 6) is 0.0679. The summed E-state index contributed by atoms with van der Waals surface area (Å²) in [4.78, 5) is 21.2. The van der Waals surface area contributed by atoms with Gasteiger partial charge in [0.25, 0.3) is 5.91 Å². The molecule has 242 valence electrons. The van der Waals surface area contributed by atoms with E-state index in [9.17, 15) is 31.1 Å². The number of amides is 1. The first kappa shape index (κ1) is 31.3. The minimum atomic E-state index is -4.72. The SMILES string of the molecule is CC1CC(c2cc(OCC(F)(F)F)nc(N3Cc4c(cc(CN5CCC[C@H](C)C5)cc4C(F)(F)F)C3=O)c2)(c2nncn2C)C1. The molecule has 0 N–H and O–H groups in total. The van der Waals surface area contributed by atoms with Gasteiger partial charge >= 0.3 is 12.4 Å². The summed E-state index contributed by atoms with van der Waals surface area (Å²) in [6, 6.07) is 5.55. The van der Waals surface area contributed by atoms with Crippen molar-refractivity contribution in [2.45, 2.75) is 70.4 Å². The van der Waals surface area contributed by atoms with E-state index in [0.29, 0.717) is 35.7 Å². The molecule has 1 aromatic carbocycles. The number of aryl methyl sites for hydroxylation is 1. The van der Waals surface area contributed by atoms with Gasteiger partial charge in [0, 0.05) is 31.8 Å². The Kier molecular flexibility index (Phi) is 7.85. The number of hydrogen-bond donors (Lipinski definition) is 0. The van der Waals surface area contributed by atoms with Crippen LogP contribution in [0.4, 0.5) is 32.2 Å². The van der Waals surface area contributed by atoms with Crippen molar-refractivity contribution in [2.24, 2.45) is 18.9 Å². The smallest absolute Gasteiger partial charge is 0.422 e. The minimum Gasteiger partial charge on any atom is -0.468 e. The van der Waals surface area contributed by atoms with Crippen molar-refractivity contribution < 1.29 is 35.9 Å². The van der Waals surface area contributed by atoms with Gasteiger partial charge in [-0.25, -0.2) is 0 Å². The molecule has 45 heavy (non-hydrogen) atoms. The first-order chi connectivity index (χ1) is 21.1. The van der Waals surface area contributed by atoms with Gasteiger partial charge in [0.2, 0.25) is 5.88 Å². The topological polar surface area (TPSA) is 76.4 Å². The third kappa shape index (κ3) is 6.12. The molecule has 1 atom stereocenters. The number of nitrogens with zero attached hydrogens (tertiary/aromatic N) is 6. The summed E-state index contributed by atoms with van der Waals surface area (Å²) in [7, 11) is 1.75. The molecular weight excluding hydrogens is 602 g/mol. The van der Waals surface area contributed by atoms with E-state index in [1.54, 1.807) is 17.7 Å². The fourth-order valence-electron chi connectivity index (χ4n) is 7.22. The molecule has 2 aliphatic heterocycles. The lowest BCUT2D eigenvalue weighted by molar-refractivity contribution is -0.154. The lowest BCUT2D eigenvalue weighted by atomic mass is 9.58. The first-order valence-corrected chi connectivity index (χ1v) is 15.0. The normalized spacial score (nSPS) is 24.1. The van der Waals surface area contributed by atoms with Gasteiger partial charge in [-0.1, -0.05) is 13.8 Å². The van der Waals surface area contributed by atoms with Gasteiger partial charge in [0.05, 0.1) is 17.5 Å². The first-order valence-electron chi connectivity index (χ1n) is 15.0. The molecule has 2 aromatic heterocycles. The van der Waals surface area contributed by atoms with Crippen molar-refractivity contribution in [3.8, 4) is 5.88 Å². The number of carbonyl (C=O) groups is 1. The maximum Gasteiger partial charge on any atom is 0.422 e. The number of aromatic nitrogens is 4. The number of likely N-dealkylation sites (tertiary alicyclic amines) is 1. The molecule has 8 nitrogen and oxygen atoms in total. The highest BCUT2D eigenvalue weighted by atomic mass is 19.4. The van der Waals surface area contributed by atoms with E-state index in [2.05, 4.69) is 27.0 Å². The van der Waals surface area contributed by atoms with Crippen molar-refractivity contribution in [1.29, 1.82) is 0 Å². The number of carbonyl (C=O) groups excluding carboxylic acids is 1. The molecule has 4 heterocycles. The molecule has 0 bridgehead atoms. The lowest BCUT2D eigenvalue weighted by Crippen LogP contribution is -2.43. The molecule has 6 rings (SSSR count). The molecule has 0 unspecified atom stereocenters. The number of halogens is 6. The average Bonchev–Trinajstić information content (AvgIpc) is 3.51. The van der Waals surface area contributed by atoms with Gasteiger partial charge in [0.1, 0.15) is 18.0 Å². The molecule has 0 spiro atoms. The number of benzene rings is 1. The number of hydrogen-bond acceptors (Lipinski definition) is 6. The van der Waals surface area contributed by atoms with Crippen LogP contribution >= 0.6 is 0 Å².